The summed E-state index contributed by atoms with van der Waals surface area (Å²) in [6.07, 6.45) is 0.0608. The summed E-state index contributed by atoms with van der Waals surface area (Å²) in [6, 6.07) is 12.4. The molecule has 0 aliphatic carbocycles. The fourth-order valence-electron chi connectivity index (χ4n) is 2.09. The summed E-state index contributed by atoms with van der Waals surface area (Å²) >= 11 is 6.02. The standard InChI is InChI=1S/C18H18ClNO5S/c1-12(17(21)20-11-14-5-3-4-6-16(14)19)25-18(22)13-7-9-15(10-8-13)26(2,23)24/h3-10,12H,11H2,1-2H3,(H,20,21)/t12-/m0/s1. The average Bonchev–Trinajstić information content (AvgIpc) is 2.60. The van der Waals surface area contributed by atoms with Crippen LogP contribution in [0.3, 0.4) is 0 Å². The van der Waals surface area contributed by atoms with E-state index in [1.54, 1.807) is 24.3 Å². The van der Waals surface area contributed by atoms with Crippen molar-refractivity contribution in [2.24, 2.45) is 0 Å². The molecule has 2 aromatic rings. The lowest BCUT2D eigenvalue weighted by molar-refractivity contribution is -0.129. The topological polar surface area (TPSA) is 89.5 Å². The van der Waals surface area contributed by atoms with Gasteiger partial charge in [0.2, 0.25) is 0 Å². The highest BCUT2D eigenvalue weighted by atomic mass is 35.5. The van der Waals surface area contributed by atoms with Gasteiger partial charge >= 0.3 is 5.97 Å². The van der Waals surface area contributed by atoms with Gasteiger partial charge in [0.15, 0.2) is 15.9 Å². The molecule has 0 bridgehead atoms. The fourth-order valence-corrected chi connectivity index (χ4v) is 2.92. The Hall–Kier alpha value is -2.38. The van der Waals surface area contributed by atoms with E-state index in [0.29, 0.717) is 5.02 Å². The maximum Gasteiger partial charge on any atom is 0.338 e. The average molecular weight is 396 g/mol. The molecule has 1 atom stereocenters. The number of benzene rings is 2. The highest BCUT2D eigenvalue weighted by Gasteiger charge is 2.19. The highest BCUT2D eigenvalue weighted by Crippen LogP contribution is 2.15. The van der Waals surface area contributed by atoms with E-state index >= 15 is 0 Å². The van der Waals surface area contributed by atoms with E-state index in [9.17, 15) is 18.0 Å². The molecule has 0 saturated carbocycles. The molecular weight excluding hydrogens is 378 g/mol. The van der Waals surface area contributed by atoms with Crippen LogP contribution in [0.2, 0.25) is 5.02 Å². The molecule has 138 valence electrons. The highest BCUT2D eigenvalue weighted by molar-refractivity contribution is 7.90. The van der Waals surface area contributed by atoms with E-state index in [1.807, 2.05) is 0 Å². The fraction of sp³-hybridized carbons (Fsp3) is 0.222. The number of carbonyl (C=O) groups excluding carboxylic acids is 2. The lowest BCUT2D eigenvalue weighted by atomic mass is 10.2. The van der Waals surface area contributed by atoms with Gasteiger partial charge in [-0.3, -0.25) is 4.79 Å². The summed E-state index contributed by atoms with van der Waals surface area (Å²) in [5, 5.41) is 3.18. The third kappa shape index (κ3) is 5.31. The van der Waals surface area contributed by atoms with Gasteiger partial charge in [0, 0.05) is 17.8 Å². The van der Waals surface area contributed by atoms with E-state index in [2.05, 4.69) is 5.32 Å². The number of carbonyl (C=O) groups is 2. The molecule has 1 N–H and O–H groups in total. The minimum Gasteiger partial charge on any atom is -0.449 e. The Labute approximate surface area is 157 Å². The van der Waals surface area contributed by atoms with Crippen LogP contribution in [0.1, 0.15) is 22.8 Å². The molecule has 0 aliphatic heterocycles. The molecule has 26 heavy (non-hydrogen) atoms. The van der Waals surface area contributed by atoms with Gasteiger partial charge in [-0.05, 0) is 42.8 Å². The molecule has 0 fully saturated rings. The predicted molar refractivity (Wildman–Crippen MR) is 97.7 cm³/mol. The van der Waals surface area contributed by atoms with Crippen LogP contribution in [-0.4, -0.2) is 32.7 Å². The monoisotopic (exact) mass is 395 g/mol. The molecule has 0 spiro atoms. The number of amides is 1. The Morgan fingerprint density at radius 3 is 2.31 bits per heavy atom. The molecule has 0 unspecified atom stereocenters. The van der Waals surface area contributed by atoms with Crippen molar-refractivity contribution in [1.82, 2.24) is 5.32 Å². The van der Waals surface area contributed by atoms with Gasteiger partial charge in [-0.25, -0.2) is 13.2 Å². The van der Waals surface area contributed by atoms with Gasteiger partial charge in [0.25, 0.3) is 5.91 Å². The summed E-state index contributed by atoms with van der Waals surface area (Å²) in [5.74, 6) is -1.18. The van der Waals surface area contributed by atoms with Crippen molar-refractivity contribution in [2.45, 2.75) is 24.5 Å². The van der Waals surface area contributed by atoms with E-state index in [0.717, 1.165) is 11.8 Å². The number of ether oxygens (including phenoxy) is 1. The molecule has 0 aromatic heterocycles. The number of nitrogens with one attached hydrogen (secondary N) is 1. The first kappa shape index (κ1) is 19.9. The van der Waals surface area contributed by atoms with Crippen LogP contribution in [0.5, 0.6) is 0 Å². The van der Waals surface area contributed by atoms with Crippen LogP contribution >= 0.6 is 11.6 Å². The first-order chi connectivity index (χ1) is 12.2. The lowest BCUT2D eigenvalue weighted by Crippen LogP contribution is -2.35. The Kier molecular flexibility index (Phi) is 6.39. The summed E-state index contributed by atoms with van der Waals surface area (Å²) in [6.45, 7) is 1.66. The second kappa shape index (κ2) is 8.33. The van der Waals surface area contributed by atoms with Gasteiger partial charge in [-0.1, -0.05) is 29.8 Å². The van der Waals surface area contributed by atoms with Crippen molar-refractivity contribution in [3.05, 3.63) is 64.7 Å². The Morgan fingerprint density at radius 1 is 1.12 bits per heavy atom. The summed E-state index contributed by atoms with van der Waals surface area (Å²) < 4.78 is 27.9. The molecule has 0 heterocycles. The Morgan fingerprint density at radius 2 is 1.73 bits per heavy atom. The quantitative estimate of drug-likeness (QED) is 0.759. The first-order valence-corrected chi connectivity index (χ1v) is 9.97. The smallest absolute Gasteiger partial charge is 0.338 e. The normalized spacial score (nSPS) is 12.3. The molecule has 8 heteroatoms. The summed E-state index contributed by atoms with van der Waals surface area (Å²) in [7, 11) is -3.35. The van der Waals surface area contributed by atoms with Gasteiger partial charge < -0.3 is 10.1 Å². The van der Waals surface area contributed by atoms with Crippen molar-refractivity contribution >= 4 is 33.3 Å². The van der Waals surface area contributed by atoms with Crippen molar-refractivity contribution in [3.63, 3.8) is 0 Å². The van der Waals surface area contributed by atoms with Crippen LogP contribution < -0.4 is 5.32 Å². The Bertz CT molecular complexity index is 909. The zero-order chi connectivity index (χ0) is 19.3. The van der Waals surface area contributed by atoms with Crippen LogP contribution in [0.15, 0.2) is 53.4 Å². The second-order valence-electron chi connectivity index (χ2n) is 5.65. The molecule has 2 rings (SSSR count). The molecule has 1 amide bonds. The maximum absolute atomic E-state index is 12.1. The van der Waals surface area contributed by atoms with E-state index in [1.165, 1.54) is 31.2 Å². The van der Waals surface area contributed by atoms with Crippen molar-refractivity contribution in [1.29, 1.82) is 0 Å². The predicted octanol–water partition coefficient (Wildman–Crippen LogP) is 2.61. The third-order valence-electron chi connectivity index (χ3n) is 3.58. The number of hydrogen-bond acceptors (Lipinski definition) is 5. The molecule has 2 aromatic carbocycles. The largest absolute Gasteiger partial charge is 0.449 e. The van der Waals surface area contributed by atoms with Crippen LogP contribution in [-0.2, 0) is 25.9 Å². The van der Waals surface area contributed by atoms with Crippen molar-refractivity contribution < 1.29 is 22.7 Å². The van der Waals surface area contributed by atoms with E-state index < -0.39 is 27.8 Å². The number of rotatable bonds is 6. The number of esters is 1. The lowest BCUT2D eigenvalue weighted by Gasteiger charge is -2.14. The van der Waals surface area contributed by atoms with Crippen molar-refractivity contribution in [2.75, 3.05) is 6.26 Å². The summed E-state index contributed by atoms with van der Waals surface area (Å²) in [5.41, 5.74) is 0.903. The van der Waals surface area contributed by atoms with Gasteiger partial charge in [-0.15, -0.1) is 0 Å². The van der Waals surface area contributed by atoms with E-state index in [-0.39, 0.29) is 17.0 Å². The molecular formula is C18H18ClNO5S. The van der Waals surface area contributed by atoms with Gasteiger partial charge in [-0.2, -0.15) is 0 Å². The minimum absolute atomic E-state index is 0.0968. The van der Waals surface area contributed by atoms with Crippen molar-refractivity contribution in [3.8, 4) is 0 Å². The van der Waals surface area contributed by atoms with Crippen LogP contribution in [0.25, 0.3) is 0 Å². The Balaban J connectivity index is 1.93. The molecule has 0 saturated heterocycles. The van der Waals surface area contributed by atoms with Crippen LogP contribution in [0, 0.1) is 0 Å². The van der Waals surface area contributed by atoms with E-state index in [4.69, 9.17) is 16.3 Å². The molecule has 6 nitrogen and oxygen atoms in total. The SMILES string of the molecule is C[C@H](OC(=O)c1ccc(S(C)(=O)=O)cc1)C(=O)NCc1ccccc1Cl. The second-order valence-corrected chi connectivity index (χ2v) is 8.08. The zero-order valence-electron chi connectivity index (χ0n) is 14.2. The molecule has 0 radical (unpaired) electrons. The maximum atomic E-state index is 12.1. The number of halogens is 1. The zero-order valence-corrected chi connectivity index (χ0v) is 15.8. The van der Waals surface area contributed by atoms with Gasteiger partial charge in [0.1, 0.15) is 0 Å². The first-order valence-electron chi connectivity index (χ1n) is 7.70. The number of hydrogen-bond donors (Lipinski definition) is 1. The number of sulfone groups is 1. The third-order valence-corrected chi connectivity index (χ3v) is 5.08. The minimum atomic E-state index is -3.35. The summed E-state index contributed by atoms with van der Waals surface area (Å²) in [4.78, 5) is 24.2. The van der Waals surface area contributed by atoms with Gasteiger partial charge in [0.05, 0.1) is 10.5 Å². The molecule has 0 aliphatic rings. The van der Waals surface area contributed by atoms with Crippen LogP contribution in [0.4, 0.5) is 0 Å².